The Bertz CT molecular complexity index is 453. The van der Waals surface area contributed by atoms with Crippen molar-refractivity contribution in [1.82, 2.24) is 15.1 Å². The zero-order valence-electron chi connectivity index (χ0n) is 12.7. The lowest BCUT2D eigenvalue weighted by molar-refractivity contribution is -0.131. The molecule has 0 radical (unpaired) electrons. The first-order chi connectivity index (χ1) is 9.56. The van der Waals surface area contributed by atoms with Crippen LogP contribution >= 0.6 is 0 Å². The molecule has 1 aromatic carbocycles. The number of likely N-dealkylation sites (N-methyl/N-ethyl adjacent to an activating group) is 1. The molecule has 1 saturated heterocycles. The van der Waals surface area contributed by atoms with Crippen molar-refractivity contribution in [2.45, 2.75) is 19.9 Å². The van der Waals surface area contributed by atoms with Gasteiger partial charge in [-0.1, -0.05) is 29.8 Å². The summed E-state index contributed by atoms with van der Waals surface area (Å²) in [6.07, 6.45) is 0. The molecule has 1 aliphatic heterocycles. The normalized spacial score (nSPS) is 18.1. The molecule has 4 nitrogen and oxygen atoms in total. The maximum Gasteiger partial charge on any atom is 0.236 e. The van der Waals surface area contributed by atoms with Crippen molar-refractivity contribution in [3.05, 3.63) is 35.4 Å². The van der Waals surface area contributed by atoms with Gasteiger partial charge in [-0.05, 0) is 26.5 Å². The van der Waals surface area contributed by atoms with Crippen molar-refractivity contribution in [2.75, 3.05) is 39.8 Å². The number of rotatable bonds is 4. The zero-order valence-corrected chi connectivity index (χ0v) is 12.7. The van der Waals surface area contributed by atoms with E-state index in [2.05, 4.69) is 55.4 Å². The van der Waals surface area contributed by atoms with Gasteiger partial charge in [0.05, 0.1) is 6.54 Å². The average molecular weight is 275 g/mol. The molecule has 0 bridgehead atoms. The summed E-state index contributed by atoms with van der Waals surface area (Å²) in [5, 5.41) is 3.33. The third-order valence-electron chi connectivity index (χ3n) is 3.96. The van der Waals surface area contributed by atoms with E-state index in [1.807, 2.05) is 4.90 Å². The fraction of sp³-hybridized carbons (Fsp3) is 0.562. The number of nitrogens with zero attached hydrogens (tertiary/aromatic N) is 2. The summed E-state index contributed by atoms with van der Waals surface area (Å²) in [5.74, 6) is 0.206. The van der Waals surface area contributed by atoms with Crippen LogP contribution in [0.4, 0.5) is 0 Å². The molecular formula is C16H25N3O. The van der Waals surface area contributed by atoms with Crippen molar-refractivity contribution in [2.24, 2.45) is 0 Å². The number of amides is 1. The van der Waals surface area contributed by atoms with Gasteiger partial charge in [0, 0.05) is 32.2 Å². The van der Waals surface area contributed by atoms with Crippen molar-refractivity contribution in [3.8, 4) is 0 Å². The monoisotopic (exact) mass is 275 g/mol. The number of carbonyl (C=O) groups excluding carboxylic acids is 1. The molecule has 0 aliphatic carbocycles. The molecule has 1 heterocycles. The van der Waals surface area contributed by atoms with Gasteiger partial charge in [-0.15, -0.1) is 0 Å². The summed E-state index contributed by atoms with van der Waals surface area (Å²) in [7, 11) is 2.10. The van der Waals surface area contributed by atoms with Crippen LogP contribution < -0.4 is 5.32 Å². The minimum absolute atomic E-state index is 0.200. The fourth-order valence-corrected chi connectivity index (χ4v) is 2.47. The summed E-state index contributed by atoms with van der Waals surface area (Å²) in [5.41, 5.74) is 2.48. The van der Waals surface area contributed by atoms with Gasteiger partial charge < -0.3 is 15.1 Å². The molecule has 1 aliphatic rings. The summed E-state index contributed by atoms with van der Waals surface area (Å²) in [4.78, 5) is 16.4. The van der Waals surface area contributed by atoms with E-state index in [4.69, 9.17) is 0 Å². The van der Waals surface area contributed by atoms with Gasteiger partial charge in [-0.25, -0.2) is 0 Å². The van der Waals surface area contributed by atoms with Gasteiger partial charge >= 0.3 is 0 Å². The minimum Gasteiger partial charge on any atom is -0.339 e. The SMILES string of the molecule is Cc1cccc([C@H](C)NCC(=O)N2CCN(C)CC2)c1. The van der Waals surface area contributed by atoms with E-state index in [0.29, 0.717) is 6.54 Å². The first-order valence-electron chi connectivity index (χ1n) is 7.32. The lowest BCUT2D eigenvalue weighted by atomic mass is 10.1. The van der Waals surface area contributed by atoms with Crippen molar-refractivity contribution < 1.29 is 4.79 Å². The quantitative estimate of drug-likeness (QED) is 0.903. The summed E-state index contributed by atoms with van der Waals surface area (Å²) < 4.78 is 0. The van der Waals surface area contributed by atoms with Crippen LogP contribution in [0.3, 0.4) is 0 Å². The molecule has 1 fully saturated rings. The predicted molar refractivity (Wildman–Crippen MR) is 81.7 cm³/mol. The maximum atomic E-state index is 12.2. The molecule has 1 N–H and O–H groups in total. The smallest absolute Gasteiger partial charge is 0.236 e. The number of aryl methyl sites for hydroxylation is 1. The number of carbonyl (C=O) groups is 1. The Kier molecular flexibility index (Phi) is 5.15. The molecule has 0 spiro atoms. The van der Waals surface area contributed by atoms with E-state index >= 15 is 0 Å². The topological polar surface area (TPSA) is 35.6 Å². The summed E-state index contributed by atoms with van der Waals surface area (Å²) >= 11 is 0. The second-order valence-corrected chi connectivity index (χ2v) is 5.70. The first-order valence-corrected chi connectivity index (χ1v) is 7.32. The Hall–Kier alpha value is -1.39. The van der Waals surface area contributed by atoms with Gasteiger partial charge in [0.1, 0.15) is 0 Å². The lowest BCUT2D eigenvalue weighted by Gasteiger charge is -2.32. The van der Waals surface area contributed by atoms with Crippen LogP contribution in [0.5, 0.6) is 0 Å². The average Bonchev–Trinajstić information content (AvgIpc) is 2.45. The Labute approximate surface area is 121 Å². The van der Waals surface area contributed by atoms with Crippen LogP contribution in [0.2, 0.25) is 0 Å². The molecule has 4 heteroatoms. The lowest BCUT2D eigenvalue weighted by Crippen LogP contribution is -2.49. The van der Waals surface area contributed by atoms with Crippen LogP contribution in [0.1, 0.15) is 24.1 Å². The van der Waals surface area contributed by atoms with E-state index in [0.717, 1.165) is 26.2 Å². The zero-order chi connectivity index (χ0) is 14.5. The largest absolute Gasteiger partial charge is 0.339 e. The molecule has 1 amide bonds. The van der Waals surface area contributed by atoms with Crippen LogP contribution in [0.25, 0.3) is 0 Å². The maximum absolute atomic E-state index is 12.2. The summed E-state index contributed by atoms with van der Waals surface area (Å²) in [6, 6.07) is 8.62. The molecule has 110 valence electrons. The molecule has 0 unspecified atom stereocenters. The number of nitrogens with one attached hydrogen (secondary N) is 1. The Morgan fingerprint density at radius 1 is 1.30 bits per heavy atom. The number of benzene rings is 1. The first kappa shape index (κ1) is 15.0. The third-order valence-corrected chi connectivity index (χ3v) is 3.96. The molecular weight excluding hydrogens is 250 g/mol. The van der Waals surface area contributed by atoms with Crippen LogP contribution in [-0.2, 0) is 4.79 Å². The fourth-order valence-electron chi connectivity index (χ4n) is 2.47. The second-order valence-electron chi connectivity index (χ2n) is 5.70. The van der Waals surface area contributed by atoms with E-state index in [9.17, 15) is 4.79 Å². The van der Waals surface area contributed by atoms with Crippen molar-refractivity contribution in [1.29, 1.82) is 0 Å². The summed E-state index contributed by atoms with van der Waals surface area (Å²) in [6.45, 7) is 8.24. The molecule has 0 saturated carbocycles. The molecule has 1 aromatic rings. The molecule has 1 atom stereocenters. The van der Waals surface area contributed by atoms with Gasteiger partial charge in [0.15, 0.2) is 0 Å². The Morgan fingerprint density at radius 2 is 2.00 bits per heavy atom. The highest BCUT2D eigenvalue weighted by Gasteiger charge is 2.19. The predicted octanol–water partition coefficient (Wildman–Crippen LogP) is 1.42. The van der Waals surface area contributed by atoms with E-state index in [1.165, 1.54) is 11.1 Å². The Morgan fingerprint density at radius 3 is 2.65 bits per heavy atom. The van der Waals surface area contributed by atoms with E-state index < -0.39 is 0 Å². The highest BCUT2D eigenvalue weighted by Crippen LogP contribution is 2.13. The number of hydrogen-bond donors (Lipinski definition) is 1. The van der Waals surface area contributed by atoms with Crippen LogP contribution in [-0.4, -0.2) is 55.5 Å². The van der Waals surface area contributed by atoms with Crippen LogP contribution in [0.15, 0.2) is 24.3 Å². The molecule has 20 heavy (non-hydrogen) atoms. The van der Waals surface area contributed by atoms with E-state index in [1.54, 1.807) is 0 Å². The van der Waals surface area contributed by atoms with E-state index in [-0.39, 0.29) is 11.9 Å². The van der Waals surface area contributed by atoms with Gasteiger partial charge in [0.2, 0.25) is 5.91 Å². The van der Waals surface area contributed by atoms with Crippen molar-refractivity contribution >= 4 is 5.91 Å². The second kappa shape index (κ2) is 6.86. The molecule has 2 rings (SSSR count). The highest BCUT2D eigenvalue weighted by molar-refractivity contribution is 5.78. The number of hydrogen-bond acceptors (Lipinski definition) is 3. The highest BCUT2D eigenvalue weighted by atomic mass is 16.2. The standard InChI is InChI=1S/C16H25N3O/c1-13-5-4-6-15(11-13)14(2)17-12-16(20)19-9-7-18(3)8-10-19/h4-6,11,14,17H,7-10,12H2,1-3H3/t14-/m0/s1. The third kappa shape index (κ3) is 4.05. The Balaban J connectivity index is 1.81. The van der Waals surface area contributed by atoms with Gasteiger partial charge in [-0.3, -0.25) is 4.79 Å². The van der Waals surface area contributed by atoms with Gasteiger partial charge in [0.25, 0.3) is 0 Å². The van der Waals surface area contributed by atoms with Gasteiger partial charge in [-0.2, -0.15) is 0 Å². The minimum atomic E-state index is 0.200. The number of piperazine rings is 1. The van der Waals surface area contributed by atoms with Crippen molar-refractivity contribution in [3.63, 3.8) is 0 Å². The molecule has 0 aromatic heterocycles. The van der Waals surface area contributed by atoms with Crippen LogP contribution in [0, 0.1) is 6.92 Å².